The van der Waals surface area contributed by atoms with Crippen LogP contribution in [0.1, 0.15) is 44.2 Å². The molecule has 0 saturated heterocycles. The summed E-state index contributed by atoms with van der Waals surface area (Å²) in [5.41, 5.74) is -0.0138. The highest BCUT2D eigenvalue weighted by Crippen LogP contribution is 2.34. The second-order valence-corrected chi connectivity index (χ2v) is 5.46. The first-order valence-electron chi connectivity index (χ1n) is 6.67. The summed E-state index contributed by atoms with van der Waals surface area (Å²) in [6.07, 6.45) is 2.13. The van der Waals surface area contributed by atoms with Gasteiger partial charge in [0.25, 0.3) is 0 Å². The molecule has 1 aromatic rings. The molecule has 0 aliphatic heterocycles. The number of phenolic OH excluding ortho intramolecular Hbond substituents is 1. The van der Waals surface area contributed by atoms with Crippen molar-refractivity contribution in [1.82, 2.24) is 0 Å². The maximum absolute atomic E-state index is 10.4. The quantitative estimate of drug-likeness (QED) is 0.609. The smallest absolute Gasteiger partial charge is 0.122 e. The molecule has 0 fully saturated rings. The summed E-state index contributed by atoms with van der Waals surface area (Å²) in [6, 6.07) is 4.82. The minimum atomic E-state index is -1.10. The van der Waals surface area contributed by atoms with Crippen LogP contribution >= 0.6 is 0 Å². The molecule has 2 atom stereocenters. The molecular weight excluding hydrogens is 244 g/mol. The van der Waals surface area contributed by atoms with Crippen LogP contribution in [0.3, 0.4) is 0 Å². The summed E-state index contributed by atoms with van der Waals surface area (Å²) in [5, 5.41) is 38.3. The fraction of sp³-hybridized carbons (Fsp3) is 0.600. The van der Waals surface area contributed by atoms with Gasteiger partial charge in [0.15, 0.2) is 0 Å². The third-order valence-electron chi connectivity index (χ3n) is 3.50. The van der Waals surface area contributed by atoms with Crippen LogP contribution in [0.15, 0.2) is 18.2 Å². The van der Waals surface area contributed by atoms with Crippen LogP contribution in [-0.2, 0) is 12.2 Å². The molecule has 4 heteroatoms. The Balaban J connectivity index is 2.71. The maximum atomic E-state index is 10.4. The summed E-state index contributed by atoms with van der Waals surface area (Å²) in [4.78, 5) is 0. The molecule has 1 aromatic carbocycles. The van der Waals surface area contributed by atoms with E-state index in [2.05, 4.69) is 0 Å². The highest BCUT2D eigenvalue weighted by molar-refractivity contribution is 5.39. The Labute approximate surface area is 114 Å². The Morgan fingerprint density at radius 1 is 1.26 bits per heavy atom. The molecule has 1 rings (SSSR count). The summed E-state index contributed by atoms with van der Waals surface area (Å²) >= 11 is 0. The summed E-state index contributed by atoms with van der Waals surface area (Å²) in [7, 11) is 0. The van der Waals surface area contributed by atoms with Crippen LogP contribution in [-0.4, -0.2) is 27.0 Å². The molecule has 0 radical (unpaired) electrons. The Kier molecular flexibility index (Phi) is 5.79. The van der Waals surface area contributed by atoms with Crippen molar-refractivity contribution in [3.63, 3.8) is 0 Å². The first-order chi connectivity index (χ1) is 8.90. The van der Waals surface area contributed by atoms with Crippen molar-refractivity contribution in [1.29, 1.82) is 0 Å². The first kappa shape index (κ1) is 16.0. The van der Waals surface area contributed by atoms with Crippen molar-refractivity contribution in [3.8, 4) is 5.75 Å². The van der Waals surface area contributed by atoms with Crippen LogP contribution in [0, 0.1) is 5.92 Å². The van der Waals surface area contributed by atoms with Gasteiger partial charge in [-0.25, -0.2) is 0 Å². The molecule has 19 heavy (non-hydrogen) atoms. The molecule has 0 amide bonds. The van der Waals surface area contributed by atoms with Crippen molar-refractivity contribution in [3.05, 3.63) is 29.3 Å². The molecule has 108 valence electrons. The Bertz CT molecular complexity index is 401. The van der Waals surface area contributed by atoms with Gasteiger partial charge in [-0.3, -0.25) is 0 Å². The van der Waals surface area contributed by atoms with Gasteiger partial charge in [0.1, 0.15) is 5.75 Å². The van der Waals surface area contributed by atoms with Crippen LogP contribution in [0.25, 0.3) is 0 Å². The molecular formula is C15H24O4. The third-order valence-corrected chi connectivity index (χ3v) is 3.50. The molecule has 0 spiro atoms. The number of rotatable bonds is 7. The van der Waals surface area contributed by atoms with Gasteiger partial charge in [0, 0.05) is 12.2 Å². The van der Waals surface area contributed by atoms with Gasteiger partial charge < -0.3 is 20.4 Å². The zero-order valence-corrected chi connectivity index (χ0v) is 11.6. The second-order valence-electron chi connectivity index (χ2n) is 5.46. The zero-order chi connectivity index (χ0) is 14.5. The van der Waals surface area contributed by atoms with E-state index in [1.807, 2.05) is 6.92 Å². The summed E-state index contributed by atoms with van der Waals surface area (Å²) in [5.74, 6) is 0.230. The highest BCUT2D eigenvalue weighted by Gasteiger charge is 2.26. The highest BCUT2D eigenvalue weighted by atomic mass is 16.3. The lowest BCUT2D eigenvalue weighted by Crippen LogP contribution is -2.21. The number of hydrogen-bond donors (Lipinski definition) is 4. The average molecular weight is 268 g/mol. The van der Waals surface area contributed by atoms with Crippen LogP contribution in [0.5, 0.6) is 5.75 Å². The predicted molar refractivity (Wildman–Crippen MR) is 73.7 cm³/mol. The van der Waals surface area contributed by atoms with Gasteiger partial charge in [-0.1, -0.05) is 19.1 Å². The summed E-state index contributed by atoms with van der Waals surface area (Å²) < 4.78 is 0. The van der Waals surface area contributed by atoms with Gasteiger partial charge >= 0.3 is 0 Å². The minimum absolute atomic E-state index is 0.00626. The number of aliphatic hydroxyl groups is 3. The zero-order valence-electron chi connectivity index (χ0n) is 11.6. The lowest BCUT2D eigenvalue weighted by molar-refractivity contribution is 0.0406. The number of aliphatic hydroxyl groups excluding tert-OH is 2. The molecule has 0 saturated carbocycles. The second kappa shape index (κ2) is 6.89. The van der Waals surface area contributed by atoms with E-state index < -0.39 is 5.60 Å². The average Bonchev–Trinajstić information content (AvgIpc) is 2.37. The van der Waals surface area contributed by atoms with E-state index in [9.17, 15) is 10.2 Å². The summed E-state index contributed by atoms with van der Waals surface area (Å²) in [6.45, 7) is 3.65. The van der Waals surface area contributed by atoms with E-state index in [1.165, 1.54) is 6.07 Å². The topological polar surface area (TPSA) is 80.9 Å². The lowest BCUT2D eigenvalue weighted by Gasteiger charge is -2.25. The molecule has 0 heterocycles. The monoisotopic (exact) mass is 268 g/mol. The van der Waals surface area contributed by atoms with Crippen molar-refractivity contribution >= 4 is 0 Å². The predicted octanol–water partition coefficient (Wildman–Crippen LogP) is 1.89. The molecule has 4 nitrogen and oxygen atoms in total. The molecule has 0 aliphatic carbocycles. The van der Waals surface area contributed by atoms with Gasteiger partial charge in [0.2, 0.25) is 0 Å². The van der Waals surface area contributed by atoms with Gasteiger partial charge in [0.05, 0.1) is 12.2 Å². The lowest BCUT2D eigenvalue weighted by atomic mass is 9.88. The number of aromatic hydroxyl groups is 1. The molecule has 2 unspecified atom stereocenters. The van der Waals surface area contributed by atoms with Crippen LogP contribution < -0.4 is 0 Å². The molecule has 0 bridgehead atoms. The molecule has 0 aliphatic rings. The SMILES string of the molecule is CC(CO)CCCC(C)(O)c1ccc(CO)cc1O. The van der Waals surface area contributed by atoms with Crippen molar-refractivity contribution < 1.29 is 20.4 Å². The van der Waals surface area contributed by atoms with E-state index in [1.54, 1.807) is 19.1 Å². The molecule has 0 aromatic heterocycles. The fourth-order valence-electron chi connectivity index (χ4n) is 2.15. The standard InChI is InChI=1S/C15H24O4/c1-11(9-16)4-3-7-15(2,19)13-6-5-12(10-17)8-14(13)18/h5-6,8,11,16-19H,3-4,7,9-10H2,1-2H3. The Hall–Kier alpha value is -1.10. The number of benzene rings is 1. The van der Waals surface area contributed by atoms with E-state index in [4.69, 9.17) is 10.2 Å². The van der Waals surface area contributed by atoms with E-state index in [0.29, 0.717) is 17.5 Å². The number of hydrogen-bond acceptors (Lipinski definition) is 4. The van der Waals surface area contributed by atoms with Gasteiger partial charge in [-0.05, 0) is 43.7 Å². The molecule has 4 N–H and O–H groups in total. The fourth-order valence-corrected chi connectivity index (χ4v) is 2.15. The van der Waals surface area contributed by atoms with E-state index in [-0.39, 0.29) is 24.9 Å². The largest absolute Gasteiger partial charge is 0.508 e. The third kappa shape index (κ3) is 4.49. The van der Waals surface area contributed by atoms with Crippen molar-refractivity contribution in [2.45, 2.75) is 45.3 Å². The van der Waals surface area contributed by atoms with Crippen LogP contribution in [0.4, 0.5) is 0 Å². The van der Waals surface area contributed by atoms with Crippen LogP contribution in [0.2, 0.25) is 0 Å². The maximum Gasteiger partial charge on any atom is 0.122 e. The number of phenols is 1. The normalized spacial score (nSPS) is 16.1. The van der Waals surface area contributed by atoms with Crippen molar-refractivity contribution in [2.75, 3.05) is 6.61 Å². The Morgan fingerprint density at radius 3 is 2.47 bits per heavy atom. The Morgan fingerprint density at radius 2 is 1.95 bits per heavy atom. The van der Waals surface area contributed by atoms with Crippen molar-refractivity contribution in [2.24, 2.45) is 5.92 Å². The van der Waals surface area contributed by atoms with Gasteiger partial charge in [-0.15, -0.1) is 0 Å². The minimum Gasteiger partial charge on any atom is -0.508 e. The van der Waals surface area contributed by atoms with Gasteiger partial charge in [-0.2, -0.15) is 0 Å². The van der Waals surface area contributed by atoms with E-state index in [0.717, 1.165) is 12.8 Å². The first-order valence-corrected chi connectivity index (χ1v) is 6.67. The van der Waals surface area contributed by atoms with E-state index >= 15 is 0 Å².